The number of nitrogens with one attached hydrogen (secondary N) is 3. The second-order valence-electron chi connectivity index (χ2n) is 7.73. The number of carbonyl (C=O) groups is 3. The van der Waals surface area contributed by atoms with Gasteiger partial charge in [0.15, 0.2) is 0 Å². The van der Waals surface area contributed by atoms with Gasteiger partial charge < -0.3 is 20.7 Å². The molecule has 2 aromatic carbocycles. The van der Waals surface area contributed by atoms with Gasteiger partial charge in [0.2, 0.25) is 5.91 Å². The summed E-state index contributed by atoms with van der Waals surface area (Å²) in [5.74, 6) is -0.401. The lowest BCUT2D eigenvalue weighted by atomic mass is 9.97. The Kier molecular flexibility index (Phi) is 8.61. The standard InChI is InChI=1S/C24H31N3O4/c1-6-16(4)21(24(30)25-15(2)3)27-23(29)19-9-7-8-10-20(19)26-22(28)17-11-13-18(31-5)14-12-17/h7-16,21H,6H2,1-5H3,(H,25,30)(H,26,28)(H,27,29)/t16-,21+/m0/s1. The maximum atomic E-state index is 13.0. The summed E-state index contributed by atoms with van der Waals surface area (Å²) in [6, 6.07) is 12.7. The molecule has 0 fully saturated rings. The van der Waals surface area contributed by atoms with E-state index in [4.69, 9.17) is 4.74 Å². The summed E-state index contributed by atoms with van der Waals surface area (Å²) in [4.78, 5) is 38.3. The summed E-state index contributed by atoms with van der Waals surface area (Å²) in [5, 5.41) is 8.48. The number of hydrogen-bond acceptors (Lipinski definition) is 4. The van der Waals surface area contributed by atoms with E-state index >= 15 is 0 Å². The second-order valence-corrected chi connectivity index (χ2v) is 7.73. The highest BCUT2D eigenvalue weighted by molar-refractivity contribution is 6.09. The quantitative estimate of drug-likeness (QED) is 0.572. The Morgan fingerprint density at radius 2 is 1.55 bits per heavy atom. The van der Waals surface area contributed by atoms with Gasteiger partial charge in [0.25, 0.3) is 11.8 Å². The molecule has 0 heterocycles. The molecule has 0 saturated heterocycles. The number of benzene rings is 2. The average Bonchev–Trinajstić information content (AvgIpc) is 2.76. The van der Waals surface area contributed by atoms with Crippen molar-refractivity contribution in [3.05, 3.63) is 59.7 Å². The van der Waals surface area contributed by atoms with Crippen LogP contribution in [0.3, 0.4) is 0 Å². The first-order valence-corrected chi connectivity index (χ1v) is 10.4. The normalized spacial score (nSPS) is 12.6. The molecular formula is C24H31N3O4. The van der Waals surface area contributed by atoms with E-state index in [1.54, 1.807) is 55.6 Å². The molecule has 0 saturated carbocycles. The highest BCUT2D eigenvalue weighted by atomic mass is 16.5. The highest BCUT2D eigenvalue weighted by Crippen LogP contribution is 2.19. The minimum absolute atomic E-state index is 0.0352. The van der Waals surface area contributed by atoms with Gasteiger partial charge in [-0.3, -0.25) is 14.4 Å². The minimum atomic E-state index is -0.676. The van der Waals surface area contributed by atoms with Crippen molar-refractivity contribution < 1.29 is 19.1 Å². The molecule has 7 nitrogen and oxygen atoms in total. The fraction of sp³-hybridized carbons (Fsp3) is 0.375. The third kappa shape index (κ3) is 6.57. The lowest BCUT2D eigenvalue weighted by molar-refractivity contribution is -0.124. The topological polar surface area (TPSA) is 96.5 Å². The molecule has 2 atom stereocenters. The van der Waals surface area contributed by atoms with Crippen molar-refractivity contribution in [1.82, 2.24) is 10.6 Å². The van der Waals surface area contributed by atoms with E-state index in [0.29, 0.717) is 17.0 Å². The van der Waals surface area contributed by atoms with Crippen LogP contribution in [0.5, 0.6) is 5.75 Å². The Bertz CT molecular complexity index is 909. The van der Waals surface area contributed by atoms with Crippen molar-refractivity contribution in [1.29, 1.82) is 0 Å². The van der Waals surface area contributed by atoms with Crippen LogP contribution in [-0.2, 0) is 4.79 Å². The van der Waals surface area contributed by atoms with Crippen molar-refractivity contribution >= 4 is 23.4 Å². The predicted octanol–water partition coefficient (Wildman–Crippen LogP) is 3.62. The van der Waals surface area contributed by atoms with Crippen LogP contribution in [0, 0.1) is 5.92 Å². The Morgan fingerprint density at radius 3 is 2.13 bits per heavy atom. The van der Waals surface area contributed by atoms with Crippen molar-refractivity contribution in [3.8, 4) is 5.75 Å². The third-order valence-electron chi connectivity index (χ3n) is 4.99. The van der Waals surface area contributed by atoms with Crippen LogP contribution in [0.15, 0.2) is 48.5 Å². The smallest absolute Gasteiger partial charge is 0.255 e. The summed E-state index contributed by atoms with van der Waals surface area (Å²) in [6.07, 6.45) is 0.728. The van der Waals surface area contributed by atoms with Gasteiger partial charge in [-0.05, 0) is 56.2 Å². The van der Waals surface area contributed by atoms with Crippen LogP contribution >= 0.6 is 0 Å². The number of rotatable bonds is 9. The third-order valence-corrected chi connectivity index (χ3v) is 4.99. The molecule has 2 aromatic rings. The minimum Gasteiger partial charge on any atom is -0.497 e. The van der Waals surface area contributed by atoms with E-state index in [2.05, 4.69) is 16.0 Å². The van der Waals surface area contributed by atoms with Gasteiger partial charge in [0.05, 0.1) is 18.4 Å². The largest absolute Gasteiger partial charge is 0.497 e. The molecule has 2 rings (SSSR count). The Hall–Kier alpha value is -3.35. The van der Waals surface area contributed by atoms with Crippen LogP contribution in [0.4, 0.5) is 5.69 Å². The zero-order chi connectivity index (χ0) is 23.0. The van der Waals surface area contributed by atoms with Crippen LogP contribution in [0.1, 0.15) is 54.8 Å². The zero-order valence-corrected chi connectivity index (χ0v) is 18.7. The molecule has 0 unspecified atom stereocenters. The van der Waals surface area contributed by atoms with E-state index in [1.165, 1.54) is 0 Å². The number of amides is 3. The van der Waals surface area contributed by atoms with Gasteiger partial charge >= 0.3 is 0 Å². The van der Waals surface area contributed by atoms with Crippen molar-refractivity contribution in [2.75, 3.05) is 12.4 Å². The molecule has 0 radical (unpaired) electrons. The van der Waals surface area contributed by atoms with E-state index < -0.39 is 11.9 Å². The number of ether oxygens (including phenoxy) is 1. The molecule has 0 aromatic heterocycles. The SMILES string of the molecule is CC[C@H](C)[C@@H](NC(=O)c1ccccc1NC(=O)c1ccc(OC)cc1)C(=O)NC(C)C. The molecule has 0 spiro atoms. The van der Waals surface area contributed by atoms with Crippen molar-refractivity contribution in [2.45, 2.75) is 46.2 Å². The van der Waals surface area contributed by atoms with Crippen LogP contribution in [0.2, 0.25) is 0 Å². The van der Waals surface area contributed by atoms with Gasteiger partial charge in [0, 0.05) is 11.6 Å². The summed E-state index contributed by atoms with van der Waals surface area (Å²) in [7, 11) is 1.55. The molecular weight excluding hydrogens is 394 g/mol. The average molecular weight is 426 g/mol. The molecule has 0 aliphatic heterocycles. The maximum Gasteiger partial charge on any atom is 0.255 e. The highest BCUT2D eigenvalue weighted by Gasteiger charge is 2.27. The maximum absolute atomic E-state index is 13.0. The zero-order valence-electron chi connectivity index (χ0n) is 18.7. The van der Waals surface area contributed by atoms with E-state index in [9.17, 15) is 14.4 Å². The Morgan fingerprint density at radius 1 is 0.903 bits per heavy atom. The van der Waals surface area contributed by atoms with Gasteiger partial charge in [-0.2, -0.15) is 0 Å². The molecule has 0 aliphatic rings. The summed E-state index contributed by atoms with van der Waals surface area (Å²) in [5.41, 5.74) is 1.09. The van der Waals surface area contributed by atoms with E-state index in [0.717, 1.165) is 6.42 Å². The number of hydrogen-bond donors (Lipinski definition) is 3. The second kappa shape index (κ2) is 11.2. The Balaban J connectivity index is 2.21. The monoisotopic (exact) mass is 425 g/mol. The lowest BCUT2D eigenvalue weighted by Gasteiger charge is -2.25. The summed E-state index contributed by atoms with van der Waals surface area (Å²) < 4.78 is 5.11. The molecule has 166 valence electrons. The van der Waals surface area contributed by atoms with E-state index in [-0.39, 0.29) is 29.3 Å². The first kappa shape index (κ1) is 23.9. The summed E-state index contributed by atoms with van der Waals surface area (Å²) in [6.45, 7) is 7.63. The van der Waals surface area contributed by atoms with Gasteiger partial charge in [-0.15, -0.1) is 0 Å². The summed E-state index contributed by atoms with van der Waals surface area (Å²) >= 11 is 0. The molecule has 3 N–H and O–H groups in total. The van der Waals surface area contributed by atoms with E-state index in [1.807, 2.05) is 27.7 Å². The number of anilines is 1. The Labute approximate surface area is 183 Å². The molecule has 31 heavy (non-hydrogen) atoms. The van der Waals surface area contributed by atoms with Crippen molar-refractivity contribution in [3.63, 3.8) is 0 Å². The fourth-order valence-electron chi connectivity index (χ4n) is 3.02. The fourth-order valence-corrected chi connectivity index (χ4v) is 3.02. The first-order valence-electron chi connectivity index (χ1n) is 10.4. The number of carbonyl (C=O) groups excluding carboxylic acids is 3. The van der Waals surface area contributed by atoms with Crippen LogP contribution in [0.25, 0.3) is 0 Å². The molecule has 0 bridgehead atoms. The van der Waals surface area contributed by atoms with Crippen LogP contribution in [-0.4, -0.2) is 36.9 Å². The van der Waals surface area contributed by atoms with Gasteiger partial charge in [-0.25, -0.2) is 0 Å². The first-order chi connectivity index (χ1) is 14.8. The molecule has 3 amide bonds. The van der Waals surface area contributed by atoms with Crippen LogP contribution < -0.4 is 20.7 Å². The number of para-hydroxylation sites is 1. The van der Waals surface area contributed by atoms with Gasteiger partial charge in [-0.1, -0.05) is 32.4 Å². The van der Waals surface area contributed by atoms with Gasteiger partial charge in [0.1, 0.15) is 11.8 Å². The lowest BCUT2D eigenvalue weighted by Crippen LogP contribution is -2.51. The van der Waals surface area contributed by atoms with Crippen molar-refractivity contribution in [2.24, 2.45) is 5.92 Å². The molecule has 7 heteroatoms. The number of methoxy groups -OCH3 is 1. The predicted molar refractivity (Wildman–Crippen MR) is 121 cm³/mol. The molecule has 0 aliphatic carbocycles.